The molecule has 1 atom stereocenters. The Labute approximate surface area is 105 Å². The molecule has 0 bridgehead atoms. The van der Waals surface area contributed by atoms with Gasteiger partial charge in [-0.2, -0.15) is 0 Å². The third-order valence-electron chi connectivity index (χ3n) is 2.83. The molecule has 90 valence electrons. The van der Waals surface area contributed by atoms with Crippen molar-refractivity contribution >= 4 is 11.3 Å². The Kier molecular flexibility index (Phi) is 3.60. The number of hydrogen-bond donors (Lipinski definition) is 1. The zero-order valence-corrected chi connectivity index (χ0v) is 10.7. The summed E-state index contributed by atoms with van der Waals surface area (Å²) in [5.41, 5.74) is 2.02. The number of thiophene rings is 1. The number of halogens is 1. The number of aliphatic hydroxyl groups excluding tert-OH is 1. The number of rotatable bonds is 3. The average Bonchev–Trinajstić information content (AvgIpc) is 2.59. The topological polar surface area (TPSA) is 20.2 Å². The molecule has 0 aliphatic heterocycles. The van der Waals surface area contributed by atoms with Crippen molar-refractivity contribution in [2.24, 2.45) is 0 Å². The molecule has 2 rings (SSSR count). The monoisotopic (exact) mass is 250 g/mol. The Balaban J connectivity index is 2.14. The highest BCUT2D eigenvalue weighted by Crippen LogP contribution is 2.28. The molecule has 0 saturated heterocycles. The maximum Gasteiger partial charge on any atom is 0.123 e. The van der Waals surface area contributed by atoms with Gasteiger partial charge in [-0.25, -0.2) is 4.39 Å². The van der Waals surface area contributed by atoms with Crippen molar-refractivity contribution in [3.05, 3.63) is 57.0 Å². The summed E-state index contributed by atoms with van der Waals surface area (Å²) in [6.45, 7) is 4.07. The van der Waals surface area contributed by atoms with Gasteiger partial charge < -0.3 is 5.11 Å². The summed E-state index contributed by atoms with van der Waals surface area (Å²) < 4.78 is 13.0. The Morgan fingerprint density at radius 1 is 1.29 bits per heavy atom. The lowest BCUT2D eigenvalue weighted by Crippen LogP contribution is -1.99. The van der Waals surface area contributed by atoms with Crippen LogP contribution in [0.3, 0.4) is 0 Å². The van der Waals surface area contributed by atoms with E-state index in [-0.39, 0.29) is 5.82 Å². The van der Waals surface area contributed by atoms with Crippen LogP contribution < -0.4 is 0 Å². The number of hydrogen-bond acceptors (Lipinski definition) is 2. The van der Waals surface area contributed by atoms with Gasteiger partial charge in [0.05, 0.1) is 6.10 Å². The number of aliphatic hydroxyl groups is 1. The molecule has 1 heterocycles. The smallest absolute Gasteiger partial charge is 0.123 e. The predicted molar refractivity (Wildman–Crippen MR) is 68.9 cm³/mol. The van der Waals surface area contributed by atoms with Crippen molar-refractivity contribution in [2.45, 2.75) is 26.4 Å². The van der Waals surface area contributed by atoms with Crippen LogP contribution in [-0.4, -0.2) is 5.11 Å². The molecule has 1 aromatic heterocycles. The maximum atomic E-state index is 13.0. The summed E-state index contributed by atoms with van der Waals surface area (Å²) >= 11 is 1.60. The Morgan fingerprint density at radius 2 is 2.06 bits per heavy atom. The Hall–Kier alpha value is -1.19. The molecule has 1 nitrogen and oxygen atoms in total. The van der Waals surface area contributed by atoms with E-state index in [1.54, 1.807) is 17.4 Å². The van der Waals surface area contributed by atoms with Crippen LogP contribution in [0.15, 0.2) is 30.3 Å². The van der Waals surface area contributed by atoms with Crippen LogP contribution in [0.1, 0.15) is 27.0 Å². The van der Waals surface area contributed by atoms with E-state index in [0.717, 1.165) is 10.4 Å². The third-order valence-corrected chi connectivity index (χ3v) is 4.09. The Morgan fingerprint density at radius 3 is 2.65 bits per heavy atom. The van der Waals surface area contributed by atoms with Crippen molar-refractivity contribution in [2.75, 3.05) is 0 Å². The first kappa shape index (κ1) is 12.3. The summed E-state index contributed by atoms with van der Waals surface area (Å²) in [4.78, 5) is 2.17. The van der Waals surface area contributed by atoms with E-state index in [4.69, 9.17) is 0 Å². The Bertz CT molecular complexity index is 499. The minimum Gasteiger partial charge on any atom is -0.387 e. The first-order valence-electron chi connectivity index (χ1n) is 5.55. The molecule has 3 heteroatoms. The number of aryl methyl sites for hydroxylation is 2. The summed E-state index contributed by atoms with van der Waals surface area (Å²) in [6.07, 6.45) is -0.0915. The summed E-state index contributed by atoms with van der Waals surface area (Å²) in [5, 5.41) is 10.1. The molecule has 0 fully saturated rings. The van der Waals surface area contributed by atoms with Gasteiger partial charge >= 0.3 is 0 Å². The lowest BCUT2D eigenvalue weighted by atomic mass is 10.1. The van der Waals surface area contributed by atoms with Crippen LogP contribution >= 0.6 is 11.3 Å². The SMILES string of the molecule is Cc1cc(C(O)Cc2cccc(F)c2)sc1C. The van der Waals surface area contributed by atoms with E-state index < -0.39 is 6.10 Å². The van der Waals surface area contributed by atoms with Gasteiger partial charge in [0, 0.05) is 16.2 Å². The van der Waals surface area contributed by atoms with E-state index in [2.05, 4.69) is 0 Å². The molecule has 0 aliphatic carbocycles. The lowest BCUT2D eigenvalue weighted by Gasteiger charge is -2.08. The van der Waals surface area contributed by atoms with Crippen molar-refractivity contribution < 1.29 is 9.50 Å². The zero-order chi connectivity index (χ0) is 12.4. The van der Waals surface area contributed by atoms with Crippen LogP contribution in [0.2, 0.25) is 0 Å². The van der Waals surface area contributed by atoms with Gasteiger partial charge in [0.15, 0.2) is 0 Å². The van der Waals surface area contributed by atoms with Gasteiger partial charge in [0.2, 0.25) is 0 Å². The highest BCUT2D eigenvalue weighted by molar-refractivity contribution is 7.12. The summed E-state index contributed by atoms with van der Waals surface area (Å²) in [6, 6.07) is 8.39. The van der Waals surface area contributed by atoms with E-state index in [0.29, 0.717) is 6.42 Å². The molecular weight excluding hydrogens is 235 g/mol. The van der Waals surface area contributed by atoms with Crippen LogP contribution in [0, 0.1) is 19.7 Å². The second-order valence-corrected chi connectivity index (χ2v) is 5.53. The van der Waals surface area contributed by atoms with Crippen LogP contribution in [0.5, 0.6) is 0 Å². The fourth-order valence-corrected chi connectivity index (χ4v) is 2.78. The largest absolute Gasteiger partial charge is 0.387 e. The standard InChI is InChI=1S/C14H15FOS/c1-9-6-14(17-10(9)2)13(16)8-11-4-3-5-12(15)7-11/h3-7,13,16H,8H2,1-2H3. The molecule has 0 aliphatic rings. The van der Waals surface area contributed by atoms with Gasteiger partial charge in [-0.05, 0) is 43.2 Å². The molecule has 2 aromatic rings. The van der Waals surface area contributed by atoms with Crippen molar-refractivity contribution in [3.8, 4) is 0 Å². The first-order chi connectivity index (χ1) is 8.06. The highest BCUT2D eigenvalue weighted by Gasteiger charge is 2.12. The second-order valence-electron chi connectivity index (χ2n) is 4.24. The third kappa shape index (κ3) is 2.93. The van der Waals surface area contributed by atoms with Gasteiger partial charge in [-0.15, -0.1) is 11.3 Å². The predicted octanol–water partition coefficient (Wildman–Crippen LogP) is 3.78. The van der Waals surface area contributed by atoms with Crippen LogP contribution in [0.25, 0.3) is 0 Å². The van der Waals surface area contributed by atoms with Gasteiger partial charge in [0.25, 0.3) is 0 Å². The maximum absolute atomic E-state index is 13.0. The molecule has 1 unspecified atom stereocenters. The van der Waals surface area contributed by atoms with E-state index in [1.807, 2.05) is 26.0 Å². The van der Waals surface area contributed by atoms with E-state index in [1.165, 1.54) is 22.6 Å². The lowest BCUT2D eigenvalue weighted by molar-refractivity contribution is 0.182. The fraction of sp³-hybridized carbons (Fsp3) is 0.286. The highest BCUT2D eigenvalue weighted by atomic mass is 32.1. The molecule has 0 spiro atoms. The van der Waals surface area contributed by atoms with Crippen LogP contribution in [-0.2, 0) is 6.42 Å². The van der Waals surface area contributed by atoms with Crippen molar-refractivity contribution in [3.63, 3.8) is 0 Å². The molecular formula is C14H15FOS. The van der Waals surface area contributed by atoms with Gasteiger partial charge in [-0.1, -0.05) is 12.1 Å². The second kappa shape index (κ2) is 4.98. The van der Waals surface area contributed by atoms with E-state index >= 15 is 0 Å². The summed E-state index contributed by atoms with van der Waals surface area (Å²) in [5.74, 6) is -0.256. The molecule has 17 heavy (non-hydrogen) atoms. The molecule has 0 radical (unpaired) electrons. The van der Waals surface area contributed by atoms with Crippen molar-refractivity contribution in [1.82, 2.24) is 0 Å². The van der Waals surface area contributed by atoms with Gasteiger partial charge in [-0.3, -0.25) is 0 Å². The minimum absolute atomic E-state index is 0.256. The normalized spacial score (nSPS) is 12.7. The quantitative estimate of drug-likeness (QED) is 0.879. The fourth-order valence-electron chi connectivity index (χ4n) is 1.75. The van der Waals surface area contributed by atoms with Crippen molar-refractivity contribution in [1.29, 1.82) is 0 Å². The molecule has 0 amide bonds. The van der Waals surface area contributed by atoms with Gasteiger partial charge in [0.1, 0.15) is 5.82 Å². The average molecular weight is 250 g/mol. The minimum atomic E-state index is -0.547. The van der Waals surface area contributed by atoms with Crippen LogP contribution in [0.4, 0.5) is 4.39 Å². The number of benzene rings is 1. The first-order valence-corrected chi connectivity index (χ1v) is 6.37. The molecule has 1 N–H and O–H groups in total. The summed E-state index contributed by atoms with van der Waals surface area (Å²) in [7, 11) is 0. The van der Waals surface area contributed by atoms with E-state index in [9.17, 15) is 9.50 Å². The zero-order valence-electron chi connectivity index (χ0n) is 9.90. The molecule has 0 saturated carbocycles. The molecule has 1 aromatic carbocycles.